The minimum Gasteiger partial charge on any atom is -0.478 e. The van der Waals surface area contributed by atoms with Gasteiger partial charge in [-0.25, -0.2) is 19.2 Å². The number of hydrogen-bond acceptors (Lipinski definition) is 5. The van der Waals surface area contributed by atoms with E-state index in [9.17, 15) is 19.6 Å². The first-order chi connectivity index (χ1) is 12.9. The molecule has 1 aromatic carbocycles. The number of allylic oxidation sites excluding steroid dienone is 2. The van der Waals surface area contributed by atoms with E-state index in [0.29, 0.717) is 29.6 Å². The number of nitrogens with zero attached hydrogens (tertiary/aromatic N) is 4. The van der Waals surface area contributed by atoms with Crippen molar-refractivity contribution in [3.05, 3.63) is 58.3 Å². The smallest absolute Gasteiger partial charge is 0.336 e. The molecule has 0 spiro atoms. The van der Waals surface area contributed by atoms with Gasteiger partial charge in [-0.1, -0.05) is 0 Å². The fraction of sp³-hybridized carbons (Fsp3) is 0.350. The van der Waals surface area contributed by atoms with Crippen molar-refractivity contribution < 1.29 is 14.3 Å². The molecule has 1 aliphatic carbocycles. The Balaban J connectivity index is 1.80. The summed E-state index contributed by atoms with van der Waals surface area (Å²) in [6, 6.07) is 6.15. The van der Waals surface area contributed by atoms with Gasteiger partial charge in [-0.3, -0.25) is 5.01 Å². The van der Waals surface area contributed by atoms with Crippen molar-refractivity contribution in [3.8, 4) is 6.07 Å². The van der Waals surface area contributed by atoms with Crippen molar-refractivity contribution in [2.24, 2.45) is 10.9 Å². The SMILES string of the molecule is CC1=CC(c2ccc(F)cc2C#N)=NC2=C(C(=O)O)CN([C@H](C)C3CC3)N12. The van der Waals surface area contributed by atoms with Crippen LogP contribution in [0.5, 0.6) is 0 Å². The number of carbonyl (C=O) groups is 1. The van der Waals surface area contributed by atoms with Gasteiger partial charge in [0.25, 0.3) is 0 Å². The third-order valence-corrected chi connectivity index (χ3v) is 5.36. The minimum atomic E-state index is -1.00. The lowest BCUT2D eigenvalue weighted by Gasteiger charge is -2.37. The molecule has 2 heterocycles. The van der Waals surface area contributed by atoms with Crippen molar-refractivity contribution in [3.63, 3.8) is 0 Å². The van der Waals surface area contributed by atoms with Crippen LogP contribution in [0.1, 0.15) is 37.8 Å². The Bertz CT molecular complexity index is 969. The highest BCUT2D eigenvalue weighted by Crippen LogP contribution is 2.41. The number of fused-ring (bicyclic) bond motifs is 1. The lowest BCUT2D eigenvalue weighted by Crippen LogP contribution is -2.44. The number of carboxylic acids is 1. The predicted octanol–water partition coefficient (Wildman–Crippen LogP) is 3.03. The Morgan fingerprint density at radius 1 is 1.44 bits per heavy atom. The van der Waals surface area contributed by atoms with Crippen LogP contribution in [0, 0.1) is 23.1 Å². The summed E-state index contributed by atoms with van der Waals surface area (Å²) in [5, 5.41) is 22.9. The summed E-state index contributed by atoms with van der Waals surface area (Å²) in [7, 11) is 0. The molecule has 1 aromatic rings. The van der Waals surface area contributed by atoms with Crippen LogP contribution in [0.15, 0.2) is 46.4 Å². The predicted molar refractivity (Wildman–Crippen MR) is 96.8 cm³/mol. The van der Waals surface area contributed by atoms with Crippen LogP contribution in [0.4, 0.5) is 4.39 Å². The number of nitriles is 1. The summed E-state index contributed by atoms with van der Waals surface area (Å²) in [5.41, 5.74) is 2.18. The number of halogens is 1. The number of hydrazine groups is 1. The van der Waals surface area contributed by atoms with Crippen LogP contribution in [-0.2, 0) is 4.79 Å². The van der Waals surface area contributed by atoms with E-state index < -0.39 is 11.8 Å². The molecule has 0 amide bonds. The van der Waals surface area contributed by atoms with Crippen molar-refractivity contribution in [2.75, 3.05) is 6.54 Å². The fourth-order valence-corrected chi connectivity index (χ4v) is 3.72. The molecule has 1 fully saturated rings. The van der Waals surface area contributed by atoms with Gasteiger partial charge in [0.2, 0.25) is 0 Å². The molecule has 27 heavy (non-hydrogen) atoms. The van der Waals surface area contributed by atoms with Gasteiger partial charge in [0.15, 0.2) is 5.82 Å². The summed E-state index contributed by atoms with van der Waals surface area (Å²) in [4.78, 5) is 16.4. The monoisotopic (exact) mass is 366 g/mol. The second kappa shape index (κ2) is 6.32. The summed E-state index contributed by atoms with van der Waals surface area (Å²) in [6.07, 6.45) is 4.12. The minimum absolute atomic E-state index is 0.171. The molecule has 138 valence electrons. The van der Waals surface area contributed by atoms with Gasteiger partial charge in [0.1, 0.15) is 5.82 Å². The molecular formula is C20H19FN4O2. The lowest BCUT2D eigenvalue weighted by molar-refractivity contribution is -0.132. The van der Waals surface area contributed by atoms with Crippen LogP contribution in [0.25, 0.3) is 0 Å². The molecule has 6 nitrogen and oxygen atoms in total. The van der Waals surface area contributed by atoms with Crippen LogP contribution < -0.4 is 0 Å². The average molecular weight is 366 g/mol. The first-order valence-corrected chi connectivity index (χ1v) is 8.91. The van der Waals surface area contributed by atoms with Gasteiger partial charge in [0, 0.05) is 17.3 Å². The van der Waals surface area contributed by atoms with Gasteiger partial charge in [-0.05, 0) is 56.9 Å². The number of carboxylic acid groups (broad SMARTS) is 1. The number of rotatable bonds is 4. The van der Waals surface area contributed by atoms with Crippen LogP contribution >= 0.6 is 0 Å². The van der Waals surface area contributed by atoms with Crippen molar-refractivity contribution in [1.29, 1.82) is 5.26 Å². The van der Waals surface area contributed by atoms with E-state index in [2.05, 4.69) is 16.9 Å². The number of hydrogen-bond donors (Lipinski definition) is 1. The second-order valence-electron chi connectivity index (χ2n) is 7.18. The largest absolute Gasteiger partial charge is 0.478 e. The Hall–Kier alpha value is -2.98. The first-order valence-electron chi connectivity index (χ1n) is 8.91. The van der Waals surface area contributed by atoms with E-state index >= 15 is 0 Å². The molecule has 0 saturated heterocycles. The summed E-state index contributed by atoms with van der Waals surface area (Å²) < 4.78 is 13.5. The molecule has 3 aliphatic rings. The zero-order valence-electron chi connectivity index (χ0n) is 15.1. The summed E-state index contributed by atoms with van der Waals surface area (Å²) in [6.45, 7) is 4.29. The van der Waals surface area contributed by atoms with Crippen molar-refractivity contribution in [1.82, 2.24) is 10.0 Å². The van der Waals surface area contributed by atoms with Crippen LogP contribution in [-0.4, -0.2) is 39.4 Å². The molecule has 0 unspecified atom stereocenters. The highest BCUT2D eigenvalue weighted by molar-refractivity contribution is 6.12. The van der Waals surface area contributed by atoms with Gasteiger partial charge >= 0.3 is 5.97 Å². The van der Waals surface area contributed by atoms with E-state index in [-0.39, 0.29) is 17.2 Å². The zero-order valence-corrected chi connectivity index (χ0v) is 15.1. The van der Waals surface area contributed by atoms with E-state index in [1.807, 2.05) is 24.1 Å². The van der Waals surface area contributed by atoms with Crippen LogP contribution in [0.2, 0.25) is 0 Å². The van der Waals surface area contributed by atoms with E-state index in [0.717, 1.165) is 24.6 Å². The number of benzene rings is 1. The summed E-state index contributed by atoms with van der Waals surface area (Å²) in [5.74, 6) is -0.555. The molecule has 1 atom stereocenters. The van der Waals surface area contributed by atoms with E-state index in [1.54, 1.807) is 0 Å². The Kier molecular flexibility index (Phi) is 4.08. The topological polar surface area (TPSA) is 79.9 Å². The average Bonchev–Trinajstić information content (AvgIpc) is 3.40. The van der Waals surface area contributed by atoms with E-state index in [1.165, 1.54) is 12.1 Å². The molecule has 2 aliphatic heterocycles. The molecule has 7 heteroatoms. The lowest BCUT2D eigenvalue weighted by atomic mass is 10.0. The number of aliphatic imine (C=N–C) groups is 1. The maximum absolute atomic E-state index is 13.5. The zero-order chi connectivity index (χ0) is 19.3. The quantitative estimate of drug-likeness (QED) is 0.886. The third kappa shape index (κ3) is 2.92. The second-order valence-corrected chi connectivity index (χ2v) is 7.18. The van der Waals surface area contributed by atoms with Gasteiger partial charge in [0.05, 0.1) is 29.5 Å². The standard InChI is InChI=1S/C20H19FN4O2/c1-11-7-18(16-6-5-15(21)8-14(16)9-22)23-19-17(20(26)27)10-24(25(11)19)12(2)13-3-4-13/h5-8,12-13H,3-4,10H2,1-2H3,(H,26,27)/t12-/m1/s1. The molecular weight excluding hydrogens is 347 g/mol. The van der Waals surface area contributed by atoms with Crippen molar-refractivity contribution in [2.45, 2.75) is 32.7 Å². The first kappa shape index (κ1) is 17.4. The molecule has 4 rings (SSSR count). The summed E-state index contributed by atoms with van der Waals surface area (Å²) >= 11 is 0. The van der Waals surface area contributed by atoms with Crippen LogP contribution in [0.3, 0.4) is 0 Å². The normalized spacial score (nSPS) is 20.7. The molecule has 1 saturated carbocycles. The van der Waals surface area contributed by atoms with Crippen molar-refractivity contribution >= 4 is 11.7 Å². The highest BCUT2D eigenvalue weighted by Gasteiger charge is 2.43. The molecule has 0 radical (unpaired) electrons. The maximum Gasteiger partial charge on any atom is 0.336 e. The van der Waals surface area contributed by atoms with Gasteiger partial charge < -0.3 is 5.11 Å². The van der Waals surface area contributed by atoms with E-state index in [4.69, 9.17) is 0 Å². The Morgan fingerprint density at radius 3 is 2.81 bits per heavy atom. The highest BCUT2D eigenvalue weighted by atomic mass is 19.1. The number of aliphatic carboxylic acids is 1. The maximum atomic E-state index is 13.5. The van der Waals surface area contributed by atoms with Gasteiger partial charge in [-0.15, -0.1) is 0 Å². The fourth-order valence-electron chi connectivity index (χ4n) is 3.72. The Morgan fingerprint density at radius 2 is 2.19 bits per heavy atom. The molecule has 0 aromatic heterocycles. The Labute approximate surface area is 156 Å². The third-order valence-electron chi connectivity index (χ3n) is 5.36. The molecule has 1 N–H and O–H groups in total. The van der Waals surface area contributed by atoms with Gasteiger partial charge in [-0.2, -0.15) is 5.26 Å². The molecule has 0 bridgehead atoms.